The molecule has 1 aromatic heterocycles. The summed E-state index contributed by atoms with van der Waals surface area (Å²) in [6.45, 7) is 1.96. The lowest BCUT2D eigenvalue weighted by Crippen LogP contribution is -2.46. The fourth-order valence-corrected chi connectivity index (χ4v) is 3.66. The summed E-state index contributed by atoms with van der Waals surface area (Å²) >= 11 is 0. The molecule has 0 radical (unpaired) electrons. The van der Waals surface area contributed by atoms with Crippen LogP contribution in [0.4, 0.5) is 0 Å². The second-order valence-electron chi connectivity index (χ2n) is 6.45. The van der Waals surface area contributed by atoms with E-state index in [2.05, 4.69) is 27.5 Å². The highest BCUT2D eigenvalue weighted by atomic mass is 16.2. The lowest BCUT2D eigenvalue weighted by molar-refractivity contribution is -0.128. The van der Waals surface area contributed by atoms with E-state index in [0.717, 1.165) is 37.1 Å². The van der Waals surface area contributed by atoms with Crippen molar-refractivity contribution in [2.45, 2.75) is 50.5 Å². The zero-order valence-corrected chi connectivity index (χ0v) is 13.8. The SMILES string of the molecule is C[C@H](NC(=O)C1(c2ccccc2)CCCCC1)c1ncnn1C. The molecule has 122 valence electrons. The molecule has 0 spiro atoms. The number of benzene rings is 1. The standard InChI is InChI=1S/C18H24N4O/c1-14(16-19-13-20-22(16)2)21-17(23)18(11-7-4-8-12-18)15-9-5-3-6-10-15/h3,5-6,9-10,13-14H,4,7-8,11-12H2,1-2H3,(H,21,23)/t14-/m0/s1. The minimum absolute atomic E-state index is 0.110. The average molecular weight is 312 g/mol. The monoisotopic (exact) mass is 312 g/mol. The number of aryl methyl sites for hydroxylation is 1. The second kappa shape index (κ2) is 6.52. The van der Waals surface area contributed by atoms with Crippen molar-refractivity contribution in [1.82, 2.24) is 20.1 Å². The third-order valence-electron chi connectivity index (χ3n) is 4.95. The van der Waals surface area contributed by atoms with Crippen LogP contribution in [-0.4, -0.2) is 20.7 Å². The van der Waals surface area contributed by atoms with Crippen LogP contribution >= 0.6 is 0 Å². The predicted molar refractivity (Wildman–Crippen MR) is 88.8 cm³/mol. The van der Waals surface area contributed by atoms with E-state index in [4.69, 9.17) is 0 Å². The molecule has 1 amide bonds. The Morgan fingerprint density at radius 1 is 1.22 bits per heavy atom. The Hall–Kier alpha value is -2.17. The van der Waals surface area contributed by atoms with E-state index >= 15 is 0 Å². The van der Waals surface area contributed by atoms with Crippen molar-refractivity contribution in [1.29, 1.82) is 0 Å². The molecule has 1 atom stereocenters. The molecule has 1 heterocycles. The molecule has 0 saturated heterocycles. The Kier molecular flexibility index (Phi) is 4.46. The number of carbonyl (C=O) groups is 1. The van der Waals surface area contributed by atoms with Crippen molar-refractivity contribution in [3.63, 3.8) is 0 Å². The fourth-order valence-electron chi connectivity index (χ4n) is 3.66. The number of carbonyl (C=O) groups excluding carboxylic acids is 1. The van der Waals surface area contributed by atoms with Gasteiger partial charge in [-0.2, -0.15) is 5.10 Å². The van der Waals surface area contributed by atoms with Crippen LogP contribution in [0.1, 0.15) is 56.5 Å². The number of nitrogens with one attached hydrogen (secondary N) is 1. The Balaban J connectivity index is 1.85. The molecule has 1 fully saturated rings. The van der Waals surface area contributed by atoms with E-state index in [9.17, 15) is 4.79 Å². The van der Waals surface area contributed by atoms with Crippen LogP contribution in [0.5, 0.6) is 0 Å². The van der Waals surface area contributed by atoms with Crippen molar-refractivity contribution in [2.75, 3.05) is 0 Å². The van der Waals surface area contributed by atoms with Crippen LogP contribution in [0.3, 0.4) is 0 Å². The number of nitrogens with zero attached hydrogens (tertiary/aromatic N) is 3. The molecule has 1 N–H and O–H groups in total. The smallest absolute Gasteiger partial charge is 0.231 e. The summed E-state index contributed by atoms with van der Waals surface area (Å²) in [5.74, 6) is 0.885. The molecule has 23 heavy (non-hydrogen) atoms. The van der Waals surface area contributed by atoms with E-state index in [1.807, 2.05) is 32.2 Å². The minimum atomic E-state index is -0.410. The van der Waals surface area contributed by atoms with Crippen molar-refractivity contribution < 1.29 is 4.79 Å². The first-order valence-electron chi connectivity index (χ1n) is 8.34. The van der Waals surface area contributed by atoms with Crippen molar-refractivity contribution >= 4 is 5.91 Å². The maximum atomic E-state index is 13.2. The summed E-state index contributed by atoms with van der Waals surface area (Å²) in [5.41, 5.74) is 0.717. The Bertz CT molecular complexity index is 659. The quantitative estimate of drug-likeness (QED) is 0.944. The Labute approximate surface area is 137 Å². The number of hydrogen-bond acceptors (Lipinski definition) is 3. The van der Waals surface area contributed by atoms with Crippen LogP contribution in [0.25, 0.3) is 0 Å². The highest BCUT2D eigenvalue weighted by Gasteiger charge is 2.41. The van der Waals surface area contributed by atoms with Gasteiger partial charge in [0.25, 0.3) is 0 Å². The summed E-state index contributed by atoms with van der Waals surface area (Å²) in [4.78, 5) is 17.4. The summed E-state index contributed by atoms with van der Waals surface area (Å²) < 4.78 is 1.71. The largest absolute Gasteiger partial charge is 0.346 e. The molecule has 2 aromatic rings. The van der Waals surface area contributed by atoms with Crippen LogP contribution in [-0.2, 0) is 17.3 Å². The van der Waals surface area contributed by atoms with Gasteiger partial charge in [0, 0.05) is 7.05 Å². The third kappa shape index (κ3) is 3.00. The summed E-state index contributed by atoms with van der Waals surface area (Å²) in [6.07, 6.45) is 6.75. The van der Waals surface area contributed by atoms with E-state index in [0.29, 0.717) is 0 Å². The van der Waals surface area contributed by atoms with Crippen molar-refractivity contribution in [3.8, 4) is 0 Å². The summed E-state index contributed by atoms with van der Waals surface area (Å²) in [5, 5.41) is 7.26. The van der Waals surface area contributed by atoms with Gasteiger partial charge in [-0.05, 0) is 25.3 Å². The molecule has 3 rings (SSSR count). The molecular formula is C18H24N4O. The van der Waals surface area contributed by atoms with Gasteiger partial charge in [-0.1, -0.05) is 49.6 Å². The summed E-state index contributed by atoms with van der Waals surface area (Å²) in [6, 6.07) is 10.0. The Morgan fingerprint density at radius 3 is 2.52 bits per heavy atom. The number of amides is 1. The zero-order chi connectivity index (χ0) is 16.3. The molecule has 0 aliphatic heterocycles. The first-order chi connectivity index (χ1) is 11.1. The van der Waals surface area contributed by atoms with Crippen LogP contribution < -0.4 is 5.32 Å². The minimum Gasteiger partial charge on any atom is -0.346 e. The molecule has 1 aromatic carbocycles. The molecule has 1 saturated carbocycles. The van der Waals surface area contributed by atoms with Gasteiger partial charge in [0.1, 0.15) is 12.2 Å². The summed E-state index contributed by atoms with van der Waals surface area (Å²) in [7, 11) is 1.85. The van der Waals surface area contributed by atoms with Gasteiger partial charge >= 0.3 is 0 Å². The van der Waals surface area contributed by atoms with Gasteiger partial charge < -0.3 is 5.32 Å². The lowest BCUT2D eigenvalue weighted by Gasteiger charge is -2.37. The number of rotatable bonds is 4. The van der Waals surface area contributed by atoms with E-state index in [1.54, 1.807) is 4.68 Å². The van der Waals surface area contributed by atoms with Gasteiger partial charge in [0.05, 0.1) is 11.5 Å². The fraction of sp³-hybridized carbons (Fsp3) is 0.500. The van der Waals surface area contributed by atoms with Crippen LogP contribution in [0.2, 0.25) is 0 Å². The van der Waals surface area contributed by atoms with E-state index < -0.39 is 5.41 Å². The zero-order valence-electron chi connectivity index (χ0n) is 13.8. The highest BCUT2D eigenvalue weighted by molar-refractivity contribution is 5.88. The number of aromatic nitrogens is 3. The number of hydrogen-bond donors (Lipinski definition) is 1. The first-order valence-corrected chi connectivity index (χ1v) is 8.34. The van der Waals surface area contributed by atoms with Gasteiger partial charge in [-0.3, -0.25) is 9.48 Å². The molecule has 0 unspecified atom stereocenters. The molecule has 1 aliphatic rings. The topological polar surface area (TPSA) is 59.8 Å². The maximum absolute atomic E-state index is 13.2. The van der Waals surface area contributed by atoms with Crippen LogP contribution in [0, 0.1) is 0 Å². The molecule has 0 bridgehead atoms. The highest BCUT2D eigenvalue weighted by Crippen LogP contribution is 2.40. The van der Waals surface area contributed by atoms with Crippen LogP contribution in [0.15, 0.2) is 36.7 Å². The van der Waals surface area contributed by atoms with Gasteiger partial charge in [-0.15, -0.1) is 0 Å². The second-order valence-corrected chi connectivity index (χ2v) is 6.45. The van der Waals surface area contributed by atoms with E-state index in [1.165, 1.54) is 12.7 Å². The normalized spacial score (nSPS) is 18.3. The van der Waals surface area contributed by atoms with Gasteiger partial charge in [0.2, 0.25) is 5.91 Å². The molecule has 5 nitrogen and oxygen atoms in total. The molecule has 5 heteroatoms. The van der Waals surface area contributed by atoms with E-state index in [-0.39, 0.29) is 11.9 Å². The Morgan fingerprint density at radius 2 is 1.91 bits per heavy atom. The van der Waals surface area contributed by atoms with Crippen molar-refractivity contribution in [2.24, 2.45) is 7.05 Å². The molecule has 1 aliphatic carbocycles. The van der Waals surface area contributed by atoms with Crippen molar-refractivity contribution in [3.05, 3.63) is 48.0 Å². The molecular weight excluding hydrogens is 288 g/mol. The maximum Gasteiger partial charge on any atom is 0.231 e. The van der Waals surface area contributed by atoms with Gasteiger partial charge in [-0.25, -0.2) is 4.98 Å². The first kappa shape index (κ1) is 15.7. The predicted octanol–water partition coefficient (Wildman–Crippen LogP) is 2.89. The van der Waals surface area contributed by atoms with Gasteiger partial charge in [0.15, 0.2) is 0 Å². The average Bonchev–Trinajstić information content (AvgIpc) is 3.02. The lowest BCUT2D eigenvalue weighted by atomic mass is 9.68. The third-order valence-corrected chi connectivity index (χ3v) is 4.95.